The summed E-state index contributed by atoms with van der Waals surface area (Å²) < 4.78 is 2.08. The van der Waals surface area contributed by atoms with Crippen LogP contribution in [0.3, 0.4) is 0 Å². The minimum atomic E-state index is 0.797. The molecule has 0 radical (unpaired) electrons. The lowest BCUT2D eigenvalue weighted by Crippen LogP contribution is -1.99. The van der Waals surface area contributed by atoms with Crippen LogP contribution in [0.2, 0.25) is 0 Å². The molecule has 1 heterocycles. The molecular weight excluding hydrogens is 332 g/mol. The van der Waals surface area contributed by atoms with Gasteiger partial charge in [0.2, 0.25) is 0 Å². The van der Waals surface area contributed by atoms with Crippen molar-refractivity contribution < 1.29 is 0 Å². The standard InChI is InChI=1S/C12H10Br2N2/c13-10-3-1-9(2-4-10)6-16-12-5-11(14)7-15-8-12/h1-5,7-8,16H,6H2. The molecule has 0 saturated carbocycles. The Morgan fingerprint density at radius 1 is 1.00 bits per heavy atom. The van der Waals surface area contributed by atoms with E-state index in [1.807, 2.05) is 24.4 Å². The number of nitrogens with zero attached hydrogens (tertiary/aromatic N) is 1. The zero-order valence-corrected chi connectivity index (χ0v) is 11.6. The van der Waals surface area contributed by atoms with Crippen molar-refractivity contribution in [1.82, 2.24) is 4.98 Å². The van der Waals surface area contributed by atoms with Crippen molar-refractivity contribution in [3.05, 3.63) is 57.2 Å². The normalized spacial score (nSPS) is 10.1. The average molecular weight is 342 g/mol. The summed E-state index contributed by atoms with van der Waals surface area (Å²) in [5, 5.41) is 3.31. The van der Waals surface area contributed by atoms with E-state index >= 15 is 0 Å². The maximum Gasteiger partial charge on any atom is 0.0540 e. The molecule has 0 fully saturated rings. The molecule has 4 heteroatoms. The van der Waals surface area contributed by atoms with Crippen LogP contribution < -0.4 is 5.32 Å². The molecule has 0 aliphatic rings. The molecule has 2 aromatic rings. The van der Waals surface area contributed by atoms with Gasteiger partial charge < -0.3 is 5.32 Å². The molecule has 2 nitrogen and oxygen atoms in total. The van der Waals surface area contributed by atoms with E-state index in [0.717, 1.165) is 21.2 Å². The Morgan fingerprint density at radius 2 is 1.75 bits per heavy atom. The van der Waals surface area contributed by atoms with E-state index in [1.54, 1.807) is 6.20 Å². The summed E-state index contributed by atoms with van der Waals surface area (Å²) in [6, 6.07) is 10.3. The summed E-state index contributed by atoms with van der Waals surface area (Å²) in [5.41, 5.74) is 2.25. The van der Waals surface area contributed by atoms with Crippen molar-refractivity contribution >= 4 is 37.5 Å². The third-order valence-corrected chi connectivity index (χ3v) is 3.08. The van der Waals surface area contributed by atoms with Crippen LogP contribution in [-0.4, -0.2) is 4.98 Å². The van der Waals surface area contributed by atoms with Crippen LogP contribution in [0.4, 0.5) is 5.69 Å². The van der Waals surface area contributed by atoms with Crippen molar-refractivity contribution in [1.29, 1.82) is 0 Å². The lowest BCUT2D eigenvalue weighted by Gasteiger charge is -2.06. The maximum absolute atomic E-state index is 4.09. The van der Waals surface area contributed by atoms with Gasteiger partial charge in [0.1, 0.15) is 0 Å². The van der Waals surface area contributed by atoms with Crippen LogP contribution in [0.15, 0.2) is 51.7 Å². The van der Waals surface area contributed by atoms with Gasteiger partial charge in [0.15, 0.2) is 0 Å². The number of anilines is 1. The predicted octanol–water partition coefficient (Wildman–Crippen LogP) is 4.22. The van der Waals surface area contributed by atoms with Gasteiger partial charge in [-0.15, -0.1) is 0 Å². The molecule has 1 N–H and O–H groups in total. The minimum absolute atomic E-state index is 0.797. The molecular formula is C12H10Br2N2. The predicted molar refractivity (Wildman–Crippen MR) is 73.4 cm³/mol. The first-order valence-electron chi connectivity index (χ1n) is 4.83. The quantitative estimate of drug-likeness (QED) is 0.904. The Hall–Kier alpha value is -0.870. The fourth-order valence-corrected chi connectivity index (χ4v) is 1.94. The van der Waals surface area contributed by atoms with Crippen LogP contribution in [0.5, 0.6) is 0 Å². The second-order valence-corrected chi connectivity index (χ2v) is 5.20. The molecule has 0 aliphatic carbocycles. The highest BCUT2D eigenvalue weighted by Crippen LogP contribution is 2.15. The molecule has 0 saturated heterocycles. The number of nitrogens with one attached hydrogen (secondary N) is 1. The van der Waals surface area contributed by atoms with Gasteiger partial charge >= 0.3 is 0 Å². The smallest absolute Gasteiger partial charge is 0.0540 e. The van der Waals surface area contributed by atoms with Crippen molar-refractivity contribution in [2.45, 2.75) is 6.54 Å². The Balaban J connectivity index is 1.99. The third kappa shape index (κ3) is 3.32. The van der Waals surface area contributed by atoms with E-state index in [2.05, 4.69) is 54.3 Å². The van der Waals surface area contributed by atoms with E-state index in [9.17, 15) is 0 Å². The van der Waals surface area contributed by atoms with Crippen LogP contribution in [-0.2, 0) is 6.54 Å². The number of hydrogen-bond acceptors (Lipinski definition) is 2. The van der Waals surface area contributed by atoms with Crippen molar-refractivity contribution in [3.63, 3.8) is 0 Å². The molecule has 0 aliphatic heterocycles. The summed E-state index contributed by atoms with van der Waals surface area (Å²) in [6.45, 7) is 0.797. The summed E-state index contributed by atoms with van der Waals surface area (Å²) in [7, 11) is 0. The molecule has 82 valence electrons. The Morgan fingerprint density at radius 3 is 2.44 bits per heavy atom. The molecule has 0 spiro atoms. The fourth-order valence-electron chi connectivity index (χ4n) is 1.31. The highest BCUT2D eigenvalue weighted by Gasteiger charge is 1.95. The lowest BCUT2D eigenvalue weighted by molar-refractivity contribution is 1.13. The van der Waals surface area contributed by atoms with Crippen LogP contribution in [0, 0.1) is 0 Å². The maximum atomic E-state index is 4.09. The molecule has 2 rings (SSSR count). The second-order valence-electron chi connectivity index (χ2n) is 3.37. The molecule has 0 unspecified atom stereocenters. The van der Waals surface area contributed by atoms with Gasteiger partial charge in [0.05, 0.1) is 11.9 Å². The Bertz CT molecular complexity index is 469. The van der Waals surface area contributed by atoms with Crippen molar-refractivity contribution in [2.75, 3.05) is 5.32 Å². The first-order valence-corrected chi connectivity index (χ1v) is 6.41. The highest BCUT2D eigenvalue weighted by atomic mass is 79.9. The number of pyridine rings is 1. The molecule has 0 amide bonds. The van der Waals surface area contributed by atoms with Gasteiger partial charge in [-0.1, -0.05) is 28.1 Å². The van der Waals surface area contributed by atoms with Crippen molar-refractivity contribution in [2.24, 2.45) is 0 Å². The van der Waals surface area contributed by atoms with Gasteiger partial charge in [-0.05, 0) is 39.7 Å². The van der Waals surface area contributed by atoms with Crippen molar-refractivity contribution in [3.8, 4) is 0 Å². The number of aromatic nitrogens is 1. The molecule has 0 bridgehead atoms. The zero-order chi connectivity index (χ0) is 11.4. The average Bonchev–Trinajstić information content (AvgIpc) is 2.28. The molecule has 1 aromatic carbocycles. The van der Waals surface area contributed by atoms with E-state index < -0.39 is 0 Å². The first-order chi connectivity index (χ1) is 7.74. The van der Waals surface area contributed by atoms with Crippen LogP contribution >= 0.6 is 31.9 Å². The van der Waals surface area contributed by atoms with Gasteiger partial charge in [-0.25, -0.2) is 0 Å². The van der Waals surface area contributed by atoms with E-state index in [0.29, 0.717) is 0 Å². The fraction of sp³-hybridized carbons (Fsp3) is 0.0833. The summed E-state index contributed by atoms with van der Waals surface area (Å²) in [5.74, 6) is 0. The Kier molecular flexibility index (Phi) is 3.96. The Labute approximate surface area is 111 Å². The largest absolute Gasteiger partial charge is 0.380 e. The molecule has 16 heavy (non-hydrogen) atoms. The number of hydrogen-bond donors (Lipinski definition) is 1. The van der Waals surface area contributed by atoms with Gasteiger partial charge in [0, 0.05) is 21.7 Å². The number of benzene rings is 1. The SMILES string of the molecule is Brc1ccc(CNc2cncc(Br)c2)cc1. The molecule has 1 aromatic heterocycles. The van der Waals surface area contributed by atoms with E-state index in [4.69, 9.17) is 0 Å². The topological polar surface area (TPSA) is 24.9 Å². The molecule has 0 atom stereocenters. The summed E-state index contributed by atoms with van der Waals surface area (Å²) in [6.07, 6.45) is 3.58. The third-order valence-electron chi connectivity index (χ3n) is 2.11. The minimum Gasteiger partial charge on any atom is -0.380 e. The monoisotopic (exact) mass is 340 g/mol. The van der Waals surface area contributed by atoms with Gasteiger partial charge in [-0.2, -0.15) is 0 Å². The van der Waals surface area contributed by atoms with Crippen LogP contribution in [0.1, 0.15) is 5.56 Å². The first kappa shape index (κ1) is 11.6. The summed E-state index contributed by atoms with van der Waals surface area (Å²) in [4.78, 5) is 4.09. The zero-order valence-electron chi connectivity index (χ0n) is 8.45. The van der Waals surface area contributed by atoms with E-state index in [-0.39, 0.29) is 0 Å². The van der Waals surface area contributed by atoms with Gasteiger partial charge in [-0.3, -0.25) is 4.98 Å². The van der Waals surface area contributed by atoms with Gasteiger partial charge in [0.25, 0.3) is 0 Å². The lowest BCUT2D eigenvalue weighted by atomic mass is 10.2. The second kappa shape index (κ2) is 5.46. The highest BCUT2D eigenvalue weighted by molar-refractivity contribution is 9.10. The number of rotatable bonds is 3. The number of halogens is 2. The van der Waals surface area contributed by atoms with Crippen LogP contribution in [0.25, 0.3) is 0 Å². The van der Waals surface area contributed by atoms with E-state index in [1.165, 1.54) is 5.56 Å². The summed E-state index contributed by atoms with van der Waals surface area (Å²) >= 11 is 6.80.